The van der Waals surface area contributed by atoms with Crippen molar-refractivity contribution in [2.75, 3.05) is 0 Å². The van der Waals surface area contributed by atoms with E-state index in [1.54, 1.807) is 10.7 Å². The maximum Gasteiger partial charge on any atom is 0.311 e. The lowest BCUT2D eigenvalue weighted by Crippen LogP contribution is -2.15. The van der Waals surface area contributed by atoms with Crippen LogP contribution in [0.25, 0.3) is 0 Å². The number of Topliss-reactive ketones (excluding diaryl/α,β-unsaturated/α-hetero) is 1. The predicted octanol–water partition coefficient (Wildman–Crippen LogP) is 2.89. The highest BCUT2D eigenvalue weighted by molar-refractivity contribution is 6.04. The van der Waals surface area contributed by atoms with Crippen LogP contribution in [-0.4, -0.2) is 26.6 Å². The van der Waals surface area contributed by atoms with Crippen molar-refractivity contribution in [2.45, 2.75) is 39.2 Å². The first-order chi connectivity index (χ1) is 10.3. The van der Waals surface area contributed by atoms with Crippen molar-refractivity contribution in [1.29, 1.82) is 0 Å². The Morgan fingerprint density at radius 3 is 2.36 bits per heavy atom. The zero-order valence-electron chi connectivity index (χ0n) is 13.0. The van der Waals surface area contributed by atoms with Gasteiger partial charge in [-0.15, -0.1) is 0 Å². The third-order valence-electron chi connectivity index (χ3n) is 3.32. The van der Waals surface area contributed by atoms with Crippen molar-refractivity contribution in [3.05, 3.63) is 53.3 Å². The first kappa shape index (κ1) is 15.9. The molecule has 0 unspecified atom stereocenters. The van der Waals surface area contributed by atoms with Gasteiger partial charge in [0.25, 0.3) is 0 Å². The van der Waals surface area contributed by atoms with Crippen LogP contribution in [0.4, 0.5) is 0 Å². The number of hydrogen-bond acceptors (Lipinski definition) is 3. The van der Waals surface area contributed by atoms with Gasteiger partial charge in [-0.3, -0.25) is 14.3 Å². The van der Waals surface area contributed by atoms with Gasteiger partial charge in [-0.2, -0.15) is 5.10 Å². The molecule has 2 rings (SSSR count). The predicted molar refractivity (Wildman–Crippen MR) is 83.1 cm³/mol. The summed E-state index contributed by atoms with van der Waals surface area (Å²) < 4.78 is 1.60. The molecule has 0 spiro atoms. The minimum absolute atomic E-state index is 0.208. The van der Waals surface area contributed by atoms with E-state index >= 15 is 0 Å². The number of rotatable bonds is 5. The quantitative estimate of drug-likeness (QED) is 0.680. The lowest BCUT2D eigenvalue weighted by molar-refractivity contribution is -0.135. The number of carbonyl (C=O) groups excluding carboxylic acids is 1. The minimum Gasteiger partial charge on any atom is -0.481 e. The highest BCUT2D eigenvalue weighted by Crippen LogP contribution is 2.23. The van der Waals surface area contributed by atoms with Gasteiger partial charge in [0, 0.05) is 5.41 Å². The van der Waals surface area contributed by atoms with Gasteiger partial charge in [0.2, 0.25) is 0 Å². The molecule has 0 radical (unpaired) electrons. The number of carboxylic acids is 1. The first-order valence-electron chi connectivity index (χ1n) is 7.14. The molecule has 0 atom stereocenters. The second kappa shape index (κ2) is 6.13. The summed E-state index contributed by atoms with van der Waals surface area (Å²) in [6, 6.07) is 11.4. The van der Waals surface area contributed by atoms with E-state index in [4.69, 9.17) is 5.11 Å². The van der Waals surface area contributed by atoms with E-state index in [0.29, 0.717) is 12.2 Å². The summed E-state index contributed by atoms with van der Waals surface area (Å²) in [7, 11) is 0. The highest BCUT2D eigenvalue weighted by Gasteiger charge is 2.23. The highest BCUT2D eigenvalue weighted by atomic mass is 16.4. The van der Waals surface area contributed by atoms with Crippen molar-refractivity contribution in [2.24, 2.45) is 0 Å². The van der Waals surface area contributed by atoms with Crippen LogP contribution in [0.2, 0.25) is 0 Å². The first-order valence-corrected chi connectivity index (χ1v) is 7.14. The molecule has 0 aliphatic heterocycles. The Morgan fingerprint density at radius 2 is 1.82 bits per heavy atom. The van der Waals surface area contributed by atoms with Gasteiger partial charge in [0.15, 0.2) is 5.78 Å². The normalized spacial score (nSPS) is 11.4. The molecule has 0 fully saturated rings. The molecule has 0 bridgehead atoms. The summed E-state index contributed by atoms with van der Waals surface area (Å²) >= 11 is 0. The summed E-state index contributed by atoms with van der Waals surface area (Å²) in [4.78, 5) is 23.0. The number of ketones is 1. The topological polar surface area (TPSA) is 72.2 Å². The van der Waals surface area contributed by atoms with Gasteiger partial charge in [-0.25, -0.2) is 0 Å². The van der Waals surface area contributed by atoms with E-state index in [1.807, 2.05) is 51.1 Å². The summed E-state index contributed by atoms with van der Waals surface area (Å²) in [5.41, 5.74) is 1.92. The smallest absolute Gasteiger partial charge is 0.311 e. The molecule has 1 heterocycles. The lowest BCUT2D eigenvalue weighted by Gasteiger charge is -2.14. The standard InChI is InChI=1S/C17H20N2O3/c1-17(2,3)15-9-13(14(20)10-16(21)22)19(18-15)11-12-7-5-4-6-8-12/h4-9H,10-11H2,1-3H3,(H,21,22). The van der Waals surface area contributed by atoms with Crippen molar-refractivity contribution in [1.82, 2.24) is 9.78 Å². The number of nitrogens with zero attached hydrogens (tertiary/aromatic N) is 2. The van der Waals surface area contributed by atoms with Crippen molar-refractivity contribution < 1.29 is 14.7 Å². The largest absolute Gasteiger partial charge is 0.481 e. The van der Waals surface area contributed by atoms with Crippen LogP contribution in [0.15, 0.2) is 36.4 Å². The van der Waals surface area contributed by atoms with Crippen molar-refractivity contribution >= 4 is 11.8 Å². The molecule has 5 heteroatoms. The number of hydrogen-bond donors (Lipinski definition) is 1. The van der Waals surface area contributed by atoms with E-state index < -0.39 is 18.2 Å². The third kappa shape index (κ3) is 3.81. The molecule has 5 nitrogen and oxygen atoms in total. The van der Waals surface area contributed by atoms with Crippen LogP contribution in [0.5, 0.6) is 0 Å². The number of benzene rings is 1. The summed E-state index contributed by atoms with van der Waals surface area (Å²) in [6.07, 6.45) is -0.524. The fraction of sp³-hybridized carbons (Fsp3) is 0.353. The van der Waals surface area contributed by atoms with Gasteiger partial charge in [-0.1, -0.05) is 51.1 Å². The summed E-state index contributed by atoms with van der Waals surface area (Å²) in [5.74, 6) is -1.55. The third-order valence-corrected chi connectivity index (χ3v) is 3.32. The molecule has 116 valence electrons. The van der Waals surface area contributed by atoms with Crippen LogP contribution >= 0.6 is 0 Å². The molecule has 0 saturated heterocycles. The van der Waals surface area contributed by atoms with Crippen LogP contribution in [-0.2, 0) is 16.8 Å². The number of carboxylic acid groups (broad SMARTS) is 1. The van der Waals surface area contributed by atoms with Crippen LogP contribution < -0.4 is 0 Å². The molecular formula is C17H20N2O3. The van der Waals surface area contributed by atoms with Gasteiger partial charge in [0.05, 0.1) is 12.2 Å². The molecule has 1 aromatic carbocycles. The van der Waals surface area contributed by atoms with Crippen LogP contribution in [0, 0.1) is 0 Å². The van der Waals surface area contributed by atoms with E-state index in [-0.39, 0.29) is 5.41 Å². The van der Waals surface area contributed by atoms with Crippen molar-refractivity contribution in [3.63, 3.8) is 0 Å². The fourth-order valence-electron chi connectivity index (χ4n) is 2.11. The lowest BCUT2D eigenvalue weighted by atomic mass is 9.92. The molecular weight excluding hydrogens is 280 g/mol. The van der Waals surface area contributed by atoms with Gasteiger partial charge >= 0.3 is 5.97 Å². The van der Waals surface area contributed by atoms with E-state index in [9.17, 15) is 9.59 Å². The average Bonchev–Trinajstić information content (AvgIpc) is 2.83. The molecule has 0 aliphatic rings. The Hall–Kier alpha value is -2.43. The molecule has 2 aromatic rings. The van der Waals surface area contributed by atoms with Crippen molar-refractivity contribution in [3.8, 4) is 0 Å². The monoisotopic (exact) mass is 300 g/mol. The van der Waals surface area contributed by atoms with Gasteiger partial charge < -0.3 is 5.11 Å². The second-order valence-electron chi connectivity index (χ2n) is 6.30. The Kier molecular flexibility index (Phi) is 4.45. The number of carbonyl (C=O) groups is 2. The molecule has 22 heavy (non-hydrogen) atoms. The molecule has 0 saturated carbocycles. The van der Waals surface area contributed by atoms with E-state index in [0.717, 1.165) is 11.3 Å². The van der Waals surface area contributed by atoms with Gasteiger partial charge in [-0.05, 0) is 11.6 Å². The molecule has 1 N–H and O–H groups in total. The zero-order valence-corrected chi connectivity index (χ0v) is 13.0. The van der Waals surface area contributed by atoms with Crippen LogP contribution in [0.1, 0.15) is 48.9 Å². The maximum atomic E-state index is 12.2. The Bertz CT molecular complexity index is 682. The number of aromatic nitrogens is 2. The fourth-order valence-corrected chi connectivity index (χ4v) is 2.11. The molecule has 1 aromatic heterocycles. The van der Waals surface area contributed by atoms with Gasteiger partial charge in [0.1, 0.15) is 12.1 Å². The minimum atomic E-state index is -1.13. The Balaban J connectivity index is 2.39. The summed E-state index contributed by atoms with van der Waals surface area (Å²) in [6.45, 7) is 6.46. The molecule has 0 amide bonds. The Morgan fingerprint density at radius 1 is 1.18 bits per heavy atom. The Labute approximate surface area is 129 Å². The SMILES string of the molecule is CC(C)(C)c1cc(C(=O)CC(=O)O)n(Cc2ccccc2)n1. The second-order valence-corrected chi connectivity index (χ2v) is 6.30. The zero-order chi connectivity index (χ0) is 16.3. The summed E-state index contributed by atoms with van der Waals surface area (Å²) in [5, 5.41) is 13.4. The van der Waals surface area contributed by atoms with Crippen LogP contribution in [0.3, 0.4) is 0 Å². The maximum absolute atomic E-state index is 12.2. The molecule has 0 aliphatic carbocycles. The van der Waals surface area contributed by atoms with E-state index in [2.05, 4.69) is 5.10 Å². The number of aliphatic carboxylic acids is 1. The average molecular weight is 300 g/mol. The van der Waals surface area contributed by atoms with E-state index in [1.165, 1.54) is 0 Å².